The Morgan fingerprint density at radius 1 is 1.06 bits per heavy atom. The van der Waals surface area contributed by atoms with Crippen molar-refractivity contribution in [2.45, 2.75) is 52.6 Å². The van der Waals surface area contributed by atoms with Crippen LogP contribution < -0.4 is 10.5 Å². The van der Waals surface area contributed by atoms with Crippen LogP contribution in [-0.4, -0.2) is 54.0 Å². The van der Waals surface area contributed by atoms with Crippen LogP contribution in [0.25, 0.3) is 0 Å². The maximum Gasteiger partial charge on any atom is 0.253 e. The van der Waals surface area contributed by atoms with E-state index in [4.69, 9.17) is 22.1 Å². The largest absolute Gasteiger partial charge is 0.493 e. The van der Waals surface area contributed by atoms with E-state index in [1.54, 1.807) is 24.3 Å². The molecule has 32 heavy (non-hydrogen) atoms. The van der Waals surface area contributed by atoms with Crippen molar-refractivity contribution in [1.82, 2.24) is 9.80 Å². The summed E-state index contributed by atoms with van der Waals surface area (Å²) >= 11 is 5.95. The molecule has 0 aromatic heterocycles. The molecule has 1 aliphatic rings. The van der Waals surface area contributed by atoms with Crippen molar-refractivity contribution < 1.29 is 9.53 Å². The average Bonchev–Trinajstić information content (AvgIpc) is 2.76. The zero-order valence-corrected chi connectivity index (χ0v) is 20.7. The number of halogens is 1. The first kappa shape index (κ1) is 24.6. The van der Waals surface area contributed by atoms with E-state index >= 15 is 0 Å². The first-order chi connectivity index (χ1) is 15.1. The number of hydrogen-bond acceptors (Lipinski definition) is 4. The average molecular weight is 458 g/mol. The van der Waals surface area contributed by atoms with Crippen LogP contribution in [0.4, 0.5) is 0 Å². The number of piperazine rings is 1. The number of hydrogen-bond donors (Lipinski definition) is 1. The first-order valence-corrected chi connectivity index (χ1v) is 11.8. The predicted molar refractivity (Wildman–Crippen MR) is 132 cm³/mol. The van der Waals surface area contributed by atoms with Gasteiger partial charge in [-0.15, -0.1) is 0 Å². The van der Waals surface area contributed by atoms with Crippen LogP contribution >= 0.6 is 11.6 Å². The number of carbonyl (C=O) groups excluding carboxylic acids is 1. The maximum atomic E-state index is 12.8. The lowest BCUT2D eigenvalue weighted by Crippen LogP contribution is -2.49. The van der Waals surface area contributed by atoms with Gasteiger partial charge in [0.25, 0.3) is 5.91 Å². The molecule has 0 radical (unpaired) electrons. The molecular formula is C26H36ClN3O2. The van der Waals surface area contributed by atoms with E-state index in [0.29, 0.717) is 17.2 Å². The molecule has 0 aliphatic carbocycles. The predicted octanol–water partition coefficient (Wildman–Crippen LogP) is 4.98. The summed E-state index contributed by atoms with van der Waals surface area (Å²) in [5.74, 6) is 1.00. The first-order valence-electron chi connectivity index (χ1n) is 11.4. The van der Waals surface area contributed by atoms with E-state index in [2.05, 4.69) is 37.8 Å². The van der Waals surface area contributed by atoms with Crippen LogP contribution in [0.15, 0.2) is 36.4 Å². The molecule has 2 aromatic rings. The fraction of sp³-hybridized carbons (Fsp3) is 0.500. The summed E-state index contributed by atoms with van der Waals surface area (Å²) in [4.78, 5) is 17.2. The lowest BCUT2D eigenvalue weighted by atomic mass is 9.96. The third-order valence-electron chi connectivity index (χ3n) is 6.47. The molecular weight excluding hydrogens is 422 g/mol. The summed E-state index contributed by atoms with van der Waals surface area (Å²) in [5, 5.41) is 0.644. The highest BCUT2D eigenvalue weighted by molar-refractivity contribution is 6.30. The van der Waals surface area contributed by atoms with Gasteiger partial charge in [0.2, 0.25) is 0 Å². The third-order valence-corrected chi connectivity index (χ3v) is 6.73. The third kappa shape index (κ3) is 6.03. The molecule has 1 amide bonds. The Morgan fingerprint density at radius 3 is 2.28 bits per heavy atom. The van der Waals surface area contributed by atoms with E-state index in [1.165, 1.54) is 16.7 Å². The normalized spacial score (nSPS) is 16.2. The van der Waals surface area contributed by atoms with Gasteiger partial charge in [-0.1, -0.05) is 17.7 Å². The Morgan fingerprint density at radius 2 is 1.69 bits per heavy atom. The van der Waals surface area contributed by atoms with Crippen LogP contribution in [0, 0.1) is 13.8 Å². The molecule has 5 nitrogen and oxygen atoms in total. The summed E-state index contributed by atoms with van der Waals surface area (Å²) in [6.45, 7) is 14.3. The van der Waals surface area contributed by atoms with Crippen molar-refractivity contribution in [3.05, 3.63) is 63.7 Å². The Hall–Kier alpha value is -2.08. The summed E-state index contributed by atoms with van der Waals surface area (Å²) in [6.07, 6.45) is 0.808. The van der Waals surface area contributed by atoms with E-state index < -0.39 is 0 Å². The van der Waals surface area contributed by atoms with Gasteiger partial charge in [-0.2, -0.15) is 0 Å². The van der Waals surface area contributed by atoms with Gasteiger partial charge in [0.05, 0.1) is 6.61 Å². The van der Waals surface area contributed by atoms with Gasteiger partial charge in [-0.3, -0.25) is 9.69 Å². The highest BCUT2D eigenvalue weighted by Gasteiger charge is 2.26. The summed E-state index contributed by atoms with van der Waals surface area (Å²) in [7, 11) is 0. The number of amides is 1. The topological polar surface area (TPSA) is 58.8 Å². The fourth-order valence-corrected chi connectivity index (χ4v) is 4.26. The van der Waals surface area contributed by atoms with Crippen LogP contribution in [0.3, 0.4) is 0 Å². The van der Waals surface area contributed by atoms with Crippen molar-refractivity contribution in [3.8, 4) is 5.75 Å². The lowest BCUT2D eigenvalue weighted by Gasteiger charge is -2.39. The molecule has 6 heteroatoms. The Bertz CT molecular complexity index is 929. The zero-order valence-electron chi connectivity index (χ0n) is 20.0. The van der Waals surface area contributed by atoms with Crippen LogP contribution in [-0.2, 0) is 0 Å². The number of benzene rings is 2. The van der Waals surface area contributed by atoms with Gasteiger partial charge in [-0.05, 0) is 88.1 Å². The monoisotopic (exact) mass is 457 g/mol. The van der Waals surface area contributed by atoms with Gasteiger partial charge in [0, 0.05) is 48.3 Å². The van der Waals surface area contributed by atoms with Crippen molar-refractivity contribution in [1.29, 1.82) is 0 Å². The van der Waals surface area contributed by atoms with Gasteiger partial charge in [-0.25, -0.2) is 0 Å². The van der Waals surface area contributed by atoms with Crippen LogP contribution in [0.1, 0.15) is 60.3 Å². The maximum absolute atomic E-state index is 12.8. The van der Waals surface area contributed by atoms with E-state index in [-0.39, 0.29) is 17.5 Å². The minimum atomic E-state index is -0.228. The number of nitrogens with two attached hydrogens (primary N) is 1. The Balaban J connectivity index is 1.60. The molecule has 1 aliphatic heterocycles. The molecule has 0 saturated carbocycles. The highest BCUT2D eigenvalue weighted by Crippen LogP contribution is 2.31. The van der Waals surface area contributed by atoms with E-state index in [1.807, 2.05) is 18.7 Å². The lowest BCUT2D eigenvalue weighted by molar-refractivity contribution is 0.0581. The second-order valence-electron chi connectivity index (χ2n) is 9.50. The molecule has 0 bridgehead atoms. The standard InChI is InChI=1S/C26H36ClN3O2/c1-18-19(2)24(32-17-12-26(4,5)28)11-10-23(18)20(3)29-13-15-30(16-14-29)25(31)21-6-8-22(27)9-7-21/h6-11,20H,12-17,28H2,1-5H3/t20-/m1/s1. The second kappa shape index (κ2) is 10.2. The highest BCUT2D eigenvalue weighted by atomic mass is 35.5. The van der Waals surface area contributed by atoms with Crippen LogP contribution in [0.5, 0.6) is 5.75 Å². The number of rotatable bonds is 7. The molecule has 0 spiro atoms. The number of ether oxygens (including phenoxy) is 1. The zero-order chi connectivity index (χ0) is 23.5. The number of nitrogens with zero attached hydrogens (tertiary/aromatic N) is 2. The Labute approximate surface area is 197 Å². The fourth-order valence-electron chi connectivity index (χ4n) is 4.13. The van der Waals surface area contributed by atoms with Crippen molar-refractivity contribution in [2.24, 2.45) is 5.73 Å². The van der Waals surface area contributed by atoms with Gasteiger partial charge >= 0.3 is 0 Å². The van der Waals surface area contributed by atoms with Gasteiger partial charge in [0.1, 0.15) is 5.75 Å². The molecule has 1 atom stereocenters. The smallest absolute Gasteiger partial charge is 0.253 e. The van der Waals surface area contributed by atoms with Crippen molar-refractivity contribution in [2.75, 3.05) is 32.8 Å². The number of carbonyl (C=O) groups is 1. The summed E-state index contributed by atoms with van der Waals surface area (Å²) in [6, 6.07) is 11.7. The molecule has 1 fully saturated rings. The van der Waals surface area contributed by atoms with E-state index in [0.717, 1.165) is 38.3 Å². The summed E-state index contributed by atoms with van der Waals surface area (Å²) < 4.78 is 6.02. The van der Waals surface area contributed by atoms with Gasteiger partial charge < -0.3 is 15.4 Å². The molecule has 3 rings (SSSR count). The molecule has 174 valence electrons. The Kier molecular flexibility index (Phi) is 7.86. The second-order valence-corrected chi connectivity index (χ2v) is 9.94. The molecule has 2 aromatic carbocycles. The summed E-state index contributed by atoms with van der Waals surface area (Å²) in [5.41, 5.74) is 10.3. The molecule has 0 unspecified atom stereocenters. The van der Waals surface area contributed by atoms with Crippen molar-refractivity contribution in [3.63, 3.8) is 0 Å². The minimum Gasteiger partial charge on any atom is -0.493 e. The molecule has 1 saturated heterocycles. The minimum absolute atomic E-state index is 0.0724. The van der Waals surface area contributed by atoms with Crippen molar-refractivity contribution >= 4 is 17.5 Å². The van der Waals surface area contributed by atoms with Gasteiger partial charge in [0.15, 0.2) is 0 Å². The quantitative estimate of drug-likeness (QED) is 0.636. The molecule has 2 N–H and O–H groups in total. The van der Waals surface area contributed by atoms with Crippen LogP contribution in [0.2, 0.25) is 5.02 Å². The molecule has 1 heterocycles. The van der Waals surface area contributed by atoms with E-state index in [9.17, 15) is 4.79 Å². The SMILES string of the molecule is Cc1c(OCCC(C)(C)N)ccc([C@@H](C)N2CCN(C(=O)c3ccc(Cl)cc3)CC2)c1C.